The molecule has 0 bridgehead atoms. The molecule has 3 rings (SSSR count). The van der Waals surface area contributed by atoms with Gasteiger partial charge in [0.25, 0.3) is 0 Å². The van der Waals surface area contributed by atoms with E-state index < -0.39 is 0 Å². The third-order valence-corrected chi connectivity index (χ3v) is 4.09. The summed E-state index contributed by atoms with van der Waals surface area (Å²) in [4.78, 5) is 14.5. The fourth-order valence-electron chi connectivity index (χ4n) is 2.81. The Kier molecular flexibility index (Phi) is 2.65. The van der Waals surface area contributed by atoms with Gasteiger partial charge in [0.2, 0.25) is 5.91 Å². The molecule has 0 saturated heterocycles. The number of rotatable bonds is 2. The lowest BCUT2D eigenvalue weighted by Gasteiger charge is -2.31. The predicted molar refractivity (Wildman–Crippen MR) is 69.0 cm³/mol. The van der Waals surface area contributed by atoms with Crippen LogP contribution < -0.4 is 4.90 Å². The molecule has 1 heterocycles. The highest BCUT2D eigenvalue weighted by atomic mass is 16.2. The molecule has 1 saturated carbocycles. The van der Waals surface area contributed by atoms with Gasteiger partial charge in [0.1, 0.15) is 0 Å². The molecule has 2 heteroatoms. The maximum absolute atomic E-state index is 12.5. The molecule has 2 aliphatic rings. The maximum atomic E-state index is 12.5. The Morgan fingerprint density at radius 3 is 2.88 bits per heavy atom. The van der Waals surface area contributed by atoms with Gasteiger partial charge in [-0.2, -0.15) is 0 Å². The third-order valence-electron chi connectivity index (χ3n) is 4.09. The Morgan fingerprint density at radius 2 is 2.12 bits per heavy atom. The molecular formula is C15H19NO. The van der Waals surface area contributed by atoms with E-state index in [4.69, 9.17) is 0 Å². The average Bonchev–Trinajstić information content (AvgIpc) is 3.20. The van der Waals surface area contributed by atoms with E-state index in [1.54, 1.807) is 0 Å². The van der Waals surface area contributed by atoms with Crippen molar-refractivity contribution < 1.29 is 4.79 Å². The van der Waals surface area contributed by atoms with E-state index in [0.29, 0.717) is 11.8 Å². The highest BCUT2D eigenvalue weighted by Crippen LogP contribution is 2.39. The predicted octanol–water partition coefficient (Wildman–Crippen LogP) is 3.01. The van der Waals surface area contributed by atoms with E-state index in [1.165, 1.54) is 18.4 Å². The summed E-state index contributed by atoms with van der Waals surface area (Å²) in [6.07, 6.45) is 4.68. The number of carbonyl (C=O) groups is 1. The largest absolute Gasteiger partial charge is 0.312 e. The molecular weight excluding hydrogens is 210 g/mol. The fourth-order valence-corrected chi connectivity index (χ4v) is 2.81. The van der Waals surface area contributed by atoms with Crippen LogP contribution in [0.3, 0.4) is 0 Å². The zero-order valence-corrected chi connectivity index (χ0v) is 10.4. The first kappa shape index (κ1) is 10.8. The van der Waals surface area contributed by atoms with E-state index in [0.717, 1.165) is 25.1 Å². The van der Waals surface area contributed by atoms with Crippen molar-refractivity contribution in [3.8, 4) is 0 Å². The molecule has 1 aromatic carbocycles. The third kappa shape index (κ3) is 1.97. The lowest BCUT2D eigenvalue weighted by Crippen LogP contribution is -2.39. The molecule has 1 aliphatic heterocycles. The number of hydrogen-bond acceptors (Lipinski definition) is 1. The Bertz CT molecular complexity index is 436. The Hall–Kier alpha value is -1.31. The number of anilines is 1. The molecule has 1 aromatic rings. The Balaban J connectivity index is 1.86. The second-order valence-corrected chi connectivity index (χ2v) is 5.35. The first-order chi connectivity index (χ1) is 8.27. The monoisotopic (exact) mass is 229 g/mol. The zero-order chi connectivity index (χ0) is 11.8. The molecule has 90 valence electrons. The zero-order valence-electron chi connectivity index (χ0n) is 10.4. The van der Waals surface area contributed by atoms with Crippen LogP contribution in [0.15, 0.2) is 24.3 Å². The van der Waals surface area contributed by atoms with Crippen molar-refractivity contribution >= 4 is 11.6 Å². The van der Waals surface area contributed by atoms with Crippen molar-refractivity contribution in [1.29, 1.82) is 0 Å². The Labute approximate surface area is 103 Å². The van der Waals surface area contributed by atoms with Crippen LogP contribution in [0.5, 0.6) is 0 Å². The Morgan fingerprint density at radius 1 is 1.35 bits per heavy atom. The first-order valence-electron chi connectivity index (χ1n) is 6.66. The van der Waals surface area contributed by atoms with Crippen molar-refractivity contribution in [2.75, 3.05) is 11.4 Å². The van der Waals surface area contributed by atoms with Crippen LogP contribution in [0.4, 0.5) is 5.69 Å². The number of benzene rings is 1. The molecule has 0 N–H and O–H groups in total. The molecule has 1 aliphatic carbocycles. The molecule has 0 spiro atoms. The van der Waals surface area contributed by atoms with Crippen LogP contribution in [0.2, 0.25) is 0 Å². The van der Waals surface area contributed by atoms with E-state index in [1.807, 2.05) is 11.0 Å². The van der Waals surface area contributed by atoms with Crippen molar-refractivity contribution in [3.05, 3.63) is 29.8 Å². The molecule has 2 nitrogen and oxygen atoms in total. The molecule has 1 fully saturated rings. The molecule has 1 unspecified atom stereocenters. The summed E-state index contributed by atoms with van der Waals surface area (Å²) < 4.78 is 0. The smallest absolute Gasteiger partial charge is 0.230 e. The highest BCUT2D eigenvalue weighted by Gasteiger charge is 2.36. The van der Waals surface area contributed by atoms with Crippen molar-refractivity contribution in [1.82, 2.24) is 0 Å². The molecule has 0 radical (unpaired) electrons. The minimum absolute atomic E-state index is 0.209. The number of para-hydroxylation sites is 1. The quantitative estimate of drug-likeness (QED) is 0.763. The molecule has 17 heavy (non-hydrogen) atoms. The van der Waals surface area contributed by atoms with Gasteiger partial charge in [-0.05, 0) is 43.2 Å². The van der Waals surface area contributed by atoms with Gasteiger partial charge in [-0.15, -0.1) is 0 Å². The van der Waals surface area contributed by atoms with Crippen LogP contribution in [-0.2, 0) is 11.2 Å². The summed E-state index contributed by atoms with van der Waals surface area (Å²) in [6.45, 7) is 2.99. The summed E-state index contributed by atoms with van der Waals surface area (Å²) >= 11 is 0. The van der Waals surface area contributed by atoms with Crippen molar-refractivity contribution in [2.45, 2.75) is 32.6 Å². The number of fused-ring (bicyclic) bond motifs is 1. The lowest BCUT2D eigenvalue weighted by atomic mass is 9.98. The van der Waals surface area contributed by atoms with Crippen molar-refractivity contribution in [2.24, 2.45) is 11.8 Å². The number of aryl methyl sites for hydroxylation is 1. The summed E-state index contributed by atoms with van der Waals surface area (Å²) in [5.74, 6) is 1.19. The van der Waals surface area contributed by atoms with Crippen LogP contribution in [0.1, 0.15) is 31.7 Å². The van der Waals surface area contributed by atoms with Gasteiger partial charge in [0, 0.05) is 18.2 Å². The van der Waals surface area contributed by atoms with Crippen molar-refractivity contribution in [3.63, 3.8) is 0 Å². The maximum Gasteiger partial charge on any atom is 0.230 e. The first-order valence-corrected chi connectivity index (χ1v) is 6.66. The minimum atomic E-state index is 0.209. The van der Waals surface area contributed by atoms with Gasteiger partial charge < -0.3 is 4.90 Å². The van der Waals surface area contributed by atoms with Gasteiger partial charge in [0.05, 0.1) is 0 Å². The summed E-state index contributed by atoms with van der Waals surface area (Å²) in [6, 6.07) is 8.34. The number of carbonyl (C=O) groups excluding carboxylic acids is 1. The van der Waals surface area contributed by atoms with Gasteiger partial charge in [-0.1, -0.05) is 25.1 Å². The minimum Gasteiger partial charge on any atom is -0.312 e. The van der Waals surface area contributed by atoms with Crippen LogP contribution in [0.25, 0.3) is 0 Å². The second kappa shape index (κ2) is 4.17. The van der Waals surface area contributed by atoms with Gasteiger partial charge in [-0.3, -0.25) is 4.79 Å². The SMILES string of the molecule is CC(C(=O)N1CCCc2ccccc21)C1CC1. The number of hydrogen-bond donors (Lipinski definition) is 0. The van der Waals surface area contributed by atoms with E-state index in [-0.39, 0.29) is 5.92 Å². The average molecular weight is 229 g/mol. The lowest BCUT2D eigenvalue weighted by molar-refractivity contribution is -0.122. The number of amides is 1. The number of nitrogens with zero attached hydrogens (tertiary/aromatic N) is 1. The summed E-state index contributed by atoms with van der Waals surface area (Å²) in [7, 11) is 0. The molecule has 1 amide bonds. The second-order valence-electron chi connectivity index (χ2n) is 5.35. The van der Waals surface area contributed by atoms with Gasteiger partial charge >= 0.3 is 0 Å². The summed E-state index contributed by atoms with van der Waals surface area (Å²) in [5.41, 5.74) is 2.48. The van der Waals surface area contributed by atoms with Gasteiger partial charge in [-0.25, -0.2) is 0 Å². The highest BCUT2D eigenvalue weighted by molar-refractivity contribution is 5.96. The van der Waals surface area contributed by atoms with Crippen LogP contribution in [0, 0.1) is 11.8 Å². The molecule has 1 atom stereocenters. The van der Waals surface area contributed by atoms with E-state index in [2.05, 4.69) is 25.1 Å². The topological polar surface area (TPSA) is 20.3 Å². The fraction of sp³-hybridized carbons (Fsp3) is 0.533. The molecule has 0 aromatic heterocycles. The standard InChI is InChI=1S/C15H19NO/c1-11(12-8-9-12)15(17)16-10-4-6-13-5-2-3-7-14(13)16/h2-3,5,7,11-12H,4,6,8-10H2,1H3. The summed E-state index contributed by atoms with van der Waals surface area (Å²) in [5, 5.41) is 0. The normalized spacial score (nSPS) is 20.9. The van der Waals surface area contributed by atoms with Crippen LogP contribution in [-0.4, -0.2) is 12.5 Å². The van der Waals surface area contributed by atoms with E-state index in [9.17, 15) is 4.79 Å². The van der Waals surface area contributed by atoms with Gasteiger partial charge in [0.15, 0.2) is 0 Å². The van der Waals surface area contributed by atoms with E-state index >= 15 is 0 Å². The van der Waals surface area contributed by atoms with Crippen LogP contribution >= 0.6 is 0 Å².